The number of halogens is 2. The highest BCUT2D eigenvalue weighted by molar-refractivity contribution is 6.35. The van der Waals surface area contributed by atoms with Gasteiger partial charge in [-0.2, -0.15) is 0 Å². The van der Waals surface area contributed by atoms with Crippen molar-refractivity contribution in [1.29, 1.82) is 0 Å². The fourth-order valence-electron chi connectivity index (χ4n) is 2.54. The van der Waals surface area contributed by atoms with Crippen LogP contribution in [0.25, 0.3) is 0 Å². The highest BCUT2D eigenvalue weighted by Gasteiger charge is 2.36. The van der Waals surface area contributed by atoms with Crippen molar-refractivity contribution < 1.29 is 0 Å². The Labute approximate surface area is 107 Å². The van der Waals surface area contributed by atoms with Gasteiger partial charge in [-0.05, 0) is 49.4 Å². The van der Waals surface area contributed by atoms with E-state index in [0.29, 0.717) is 10.4 Å². The Balaban J connectivity index is 2.13. The molecule has 1 aromatic carbocycles. The van der Waals surface area contributed by atoms with Crippen molar-refractivity contribution in [3.05, 3.63) is 33.8 Å². The Bertz CT molecular complexity index is 372. The summed E-state index contributed by atoms with van der Waals surface area (Å²) in [4.78, 5) is 0. The van der Waals surface area contributed by atoms with Crippen LogP contribution in [0, 0.1) is 5.41 Å². The molecule has 0 saturated heterocycles. The average molecular weight is 258 g/mol. The first-order valence-corrected chi connectivity index (χ1v) is 6.49. The number of nitrogens with one attached hydrogen (secondary N) is 1. The van der Waals surface area contributed by atoms with Crippen molar-refractivity contribution in [3.8, 4) is 0 Å². The Morgan fingerprint density at radius 3 is 2.56 bits per heavy atom. The van der Waals surface area contributed by atoms with Gasteiger partial charge in [-0.3, -0.25) is 0 Å². The van der Waals surface area contributed by atoms with E-state index in [1.807, 2.05) is 19.2 Å². The molecular weight excluding hydrogens is 241 g/mol. The van der Waals surface area contributed by atoms with Gasteiger partial charge in [0.05, 0.1) is 0 Å². The fraction of sp³-hybridized carbons (Fsp3) is 0.538. The summed E-state index contributed by atoms with van der Waals surface area (Å²) in [5, 5.41) is 4.81. The van der Waals surface area contributed by atoms with Crippen LogP contribution in [0.2, 0.25) is 10.0 Å². The first kappa shape index (κ1) is 12.2. The summed E-state index contributed by atoms with van der Waals surface area (Å²) in [6, 6.07) is 5.82. The van der Waals surface area contributed by atoms with Gasteiger partial charge in [0.15, 0.2) is 0 Å². The van der Waals surface area contributed by atoms with Gasteiger partial charge in [-0.1, -0.05) is 35.7 Å². The molecule has 88 valence electrons. The predicted octanol–water partition coefficient (Wildman–Crippen LogP) is 3.93. The Morgan fingerprint density at radius 2 is 2.06 bits per heavy atom. The quantitative estimate of drug-likeness (QED) is 0.862. The molecule has 0 spiro atoms. The first-order valence-electron chi connectivity index (χ1n) is 5.74. The van der Waals surface area contributed by atoms with E-state index >= 15 is 0 Å². The Hall–Kier alpha value is -0.240. The van der Waals surface area contributed by atoms with Gasteiger partial charge in [-0.15, -0.1) is 0 Å². The zero-order valence-corrected chi connectivity index (χ0v) is 11.0. The topological polar surface area (TPSA) is 12.0 Å². The molecule has 0 aliphatic heterocycles. The normalized spacial score (nSPS) is 18.2. The molecule has 0 atom stereocenters. The molecule has 0 radical (unpaired) electrons. The second-order valence-electron chi connectivity index (χ2n) is 4.80. The van der Waals surface area contributed by atoms with Gasteiger partial charge in [0.1, 0.15) is 0 Å². The molecule has 0 unspecified atom stereocenters. The third kappa shape index (κ3) is 2.53. The standard InChI is InChI=1S/C13H17Cl2N/c1-16-9-13(5-2-6-13)8-10-3-4-11(14)7-12(10)15/h3-4,7,16H,2,5-6,8-9H2,1H3. The lowest BCUT2D eigenvalue weighted by molar-refractivity contribution is 0.133. The summed E-state index contributed by atoms with van der Waals surface area (Å²) < 4.78 is 0. The maximum atomic E-state index is 6.21. The highest BCUT2D eigenvalue weighted by atomic mass is 35.5. The van der Waals surface area contributed by atoms with E-state index in [2.05, 4.69) is 11.4 Å². The molecule has 1 aliphatic rings. The summed E-state index contributed by atoms with van der Waals surface area (Å²) in [6.07, 6.45) is 5.00. The van der Waals surface area contributed by atoms with Crippen LogP contribution < -0.4 is 5.32 Å². The van der Waals surface area contributed by atoms with Gasteiger partial charge < -0.3 is 5.32 Å². The van der Waals surface area contributed by atoms with Crippen LogP contribution in [0.4, 0.5) is 0 Å². The van der Waals surface area contributed by atoms with Gasteiger partial charge in [0.2, 0.25) is 0 Å². The number of rotatable bonds is 4. The zero-order valence-electron chi connectivity index (χ0n) is 9.52. The SMILES string of the molecule is CNCC1(Cc2ccc(Cl)cc2Cl)CCC1. The maximum Gasteiger partial charge on any atom is 0.0453 e. The number of benzene rings is 1. The Kier molecular flexibility index (Phi) is 3.78. The molecule has 1 nitrogen and oxygen atoms in total. The molecule has 0 heterocycles. The minimum atomic E-state index is 0.423. The molecular formula is C13H17Cl2N. The molecule has 1 N–H and O–H groups in total. The summed E-state index contributed by atoms with van der Waals surface area (Å²) in [6.45, 7) is 1.08. The molecule has 0 amide bonds. The van der Waals surface area contributed by atoms with E-state index < -0.39 is 0 Å². The largest absolute Gasteiger partial charge is 0.319 e. The van der Waals surface area contributed by atoms with E-state index in [9.17, 15) is 0 Å². The molecule has 0 bridgehead atoms. The van der Waals surface area contributed by atoms with Gasteiger partial charge in [-0.25, -0.2) is 0 Å². The van der Waals surface area contributed by atoms with Crippen molar-refractivity contribution in [2.75, 3.05) is 13.6 Å². The summed E-state index contributed by atoms with van der Waals surface area (Å²) in [5.74, 6) is 0. The minimum absolute atomic E-state index is 0.423. The number of hydrogen-bond donors (Lipinski definition) is 1. The summed E-state index contributed by atoms with van der Waals surface area (Å²) in [5.41, 5.74) is 1.65. The third-order valence-corrected chi connectivity index (χ3v) is 4.13. The monoisotopic (exact) mass is 257 g/mol. The van der Waals surface area contributed by atoms with E-state index in [0.717, 1.165) is 18.0 Å². The zero-order chi connectivity index (χ0) is 11.6. The minimum Gasteiger partial charge on any atom is -0.319 e. The van der Waals surface area contributed by atoms with E-state index in [1.54, 1.807) is 0 Å². The molecule has 1 aliphatic carbocycles. The van der Waals surface area contributed by atoms with Crippen LogP contribution in [-0.2, 0) is 6.42 Å². The third-order valence-electron chi connectivity index (χ3n) is 3.55. The lowest BCUT2D eigenvalue weighted by Crippen LogP contribution is -2.40. The van der Waals surface area contributed by atoms with Crippen LogP contribution in [0.15, 0.2) is 18.2 Å². The van der Waals surface area contributed by atoms with Crippen LogP contribution >= 0.6 is 23.2 Å². The van der Waals surface area contributed by atoms with E-state index in [-0.39, 0.29) is 0 Å². The van der Waals surface area contributed by atoms with Crippen LogP contribution in [0.1, 0.15) is 24.8 Å². The van der Waals surface area contributed by atoms with Crippen LogP contribution in [0.3, 0.4) is 0 Å². The number of hydrogen-bond acceptors (Lipinski definition) is 1. The second kappa shape index (κ2) is 4.95. The molecule has 1 saturated carbocycles. The van der Waals surface area contributed by atoms with Gasteiger partial charge in [0.25, 0.3) is 0 Å². The molecule has 16 heavy (non-hydrogen) atoms. The van der Waals surface area contributed by atoms with Crippen molar-refractivity contribution in [2.45, 2.75) is 25.7 Å². The summed E-state index contributed by atoms with van der Waals surface area (Å²) in [7, 11) is 2.02. The van der Waals surface area contributed by atoms with E-state index in [4.69, 9.17) is 23.2 Å². The Morgan fingerprint density at radius 1 is 1.31 bits per heavy atom. The first-order chi connectivity index (χ1) is 7.65. The van der Waals surface area contributed by atoms with Gasteiger partial charge >= 0.3 is 0 Å². The highest BCUT2D eigenvalue weighted by Crippen LogP contribution is 2.44. The average Bonchev–Trinajstić information content (AvgIpc) is 2.18. The molecule has 1 fully saturated rings. The molecule has 3 heteroatoms. The maximum absolute atomic E-state index is 6.21. The van der Waals surface area contributed by atoms with Crippen molar-refractivity contribution in [1.82, 2.24) is 5.32 Å². The van der Waals surface area contributed by atoms with Crippen molar-refractivity contribution in [2.24, 2.45) is 5.41 Å². The molecule has 0 aromatic heterocycles. The summed E-state index contributed by atoms with van der Waals surface area (Å²) >= 11 is 12.1. The molecule has 2 rings (SSSR count). The lowest BCUT2D eigenvalue weighted by Gasteiger charge is -2.42. The smallest absolute Gasteiger partial charge is 0.0453 e. The second-order valence-corrected chi connectivity index (χ2v) is 5.64. The predicted molar refractivity (Wildman–Crippen MR) is 70.4 cm³/mol. The van der Waals surface area contributed by atoms with Crippen LogP contribution in [0.5, 0.6) is 0 Å². The van der Waals surface area contributed by atoms with Crippen molar-refractivity contribution in [3.63, 3.8) is 0 Å². The van der Waals surface area contributed by atoms with E-state index in [1.165, 1.54) is 24.8 Å². The fourth-order valence-corrected chi connectivity index (χ4v) is 3.01. The van der Waals surface area contributed by atoms with Gasteiger partial charge in [0, 0.05) is 16.6 Å². The van der Waals surface area contributed by atoms with Crippen molar-refractivity contribution >= 4 is 23.2 Å². The van der Waals surface area contributed by atoms with Crippen LogP contribution in [-0.4, -0.2) is 13.6 Å². The molecule has 1 aromatic rings. The lowest BCUT2D eigenvalue weighted by atomic mass is 9.65.